The molecule has 90 valence electrons. The molecule has 0 radical (unpaired) electrons. The molecular formula is C12H14BrN3O. The molecule has 0 unspecified atom stereocenters. The molecular weight excluding hydrogens is 282 g/mol. The van der Waals surface area contributed by atoms with Crippen LogP contribution in [-0.4, -0.2) is 14.5 Å². The summed E-state index contributed by atoms with van der Waals surface area (Å²) in [5.74, 6) is 0.754. The third kappa shape index (κ3) is 3.06. The third-order valence-corrected chi connectivity index (χ3v) is 2.86. The van der Waals surface area contributed by atoms with Gasteiger partial charge in [0, 0.05) is 6.04 Å². The molecule has 0 aliphatic carbocycles. The van der Waals surface area contributed by atoms with Crippen LogP contribution >= 0.6 is 15.9 Å². The van der Waals surface area contributed by atoms with E-state index in [1.807, 2.05) is 24.7 Å². The van der Waals surface area contributed by atoms with Crippen molar-refractivity contribution in [3.63, 3.8) is 0 Å². The van der Waals surface area contributed by atoms with Gasteiger partial charge in [0.15, 0.2) is 0 Å². The van der Waals surface area contributed by atoms with Crippen LogP contribution in [0.5, 0.6) is 5.75 Å². The van der Waals surface area contributed by atoms with Gasteiger partial charge in [-0.15, -0.1) is 0 Å². The van der Waals surface area contributed by atoms with E-state index in [-0.39, 0.29) is 0 Å². The Morgan fingerprint density at radius 1 is 1.35 bits per heavy atom. The van der Waals surface area contributed by atoms with E-state index in [4.69, 9.17) is 4.74 Å². The smallest absolute Gasteiger partial charge is 0.138 e. The van der Waals surface area contributed by atoms with Crippen molar-refractivity contribution in [3.05, 3.63) is 41.2 Å². The number of nitrogens with zero attached hydrogens (tertiary/aromatic N) is 3. The second-order valence-electron chi connectivity index (χ2n) is 3.99. The molecule has 2 aromatic rings. The Labute approximate surface area is 109 Å². The van der Waals surface area contributed by atoms with Crippen molar-refractivity contribution in [1.29, 1.82) is 0 Å². The van der Waals surface area contributed by atoms with Crippen molar-refractivity contribution in [2.24, 2.45) is 0 Å². The lowest BCUT2D eigenvalue weighted by molar-refractivity contribution is 0.291. The number of hydrogen-bond acceptors (Lipinski definition) is 3. The van der Waals surface area contributed by atoms with Crippen LogP contribution in [0, 0.1) is 0 Å². The number of pyridine rings is 1. The van der Waals surface area contributed by atoms with E-state index in [1.165, 1.54) is 0 Å². The van der Waals surface area contributed by atoms with E-state index >= 15 is 0 Å². The molecule has 0 aliphatic rings. The highest BCUT2D eigenvalue weighted by molar-refractivity contribution is 9.10. The number of hydrogen-bond donors (Lipinski definition) is 0. The summed E-state index contributed by atoms with van der Waals surface area (Å²) >= 11 is 3.29. The standard InChI is InChI=1S/C12H14BrN3O/c1-9(2)16-8-14-5-10(16)7-17-11-3-4-12(13)15-6-11/h3-6,8-9H,7H2,1-2H3. The van der Waals surface area contributed by atoms with Gasteiger partial charge >= 0.3 is 0 Å². The molecule has 5 heteroatoms. The van der Waals surface area contributed by atoms with Gasteiger partial charge in [-0.2, -0.15) is 0 Å². The highest BCUT2D eigenvalue weighted by atomic mass is 79.9. The Kier molecular flexibility index (Phi) is 3.78. The molecule has 0 amide bonds. The van der Waals surface area contributed by atoms with Crippen molar-refractivity contribution in [1.82, 2.24) is 14.5 Å². The summed E-state index contributed by atoms with van der Waals surface area (Å²) in [6, 6.07) is 4.13. The van der Waals surface area contributed by atoms with Crippen LogP contribution < -0.4 is 4.74 Å². The summed E-state index contributed by atoms with van der Waals surface area (Å²) in [5, 5.41) is 0. The molecule has 0 saturated heterocycles. The van der Waals surface area contributed by atoms with Gasteiger partial charge in [0.05, 0.1) is 24.4 Å². The average Bonchev–Trinajstić information content (AvgIpc) is 2.76. The molecule has 2 aromatic heterocycles. The van der Waals surface area contributed by atoms with Crippen LogP contribution in [0.1, 0.15) is 25.6 Å². The summed E-state index contributed by atoms with van der Waals surface area (Å²) in [6.45, 7) is 4.74. The summed E-state index contributed by atoms with van der Waals surface area (Å²) in [5.41, 5.74) is 1.06. The Hall–Kier alpha value is -1.36. The van der Waals surface area contributed by atoms with Crippen LogP contribution in [0.3, 0.4) is 0 Å². The van der Waals surface area contributed by atoms with E-state index < -0.39 is 0 Å². The van der Waals surface area contributed by atoms with Crippen LogP contribution in [0.25, 0.3) is 0 Å². The maximum Gasteiger partial charge on any atom is 0.138 e. The minimum absolute atomic E-state index is 0.388. The van der Waals surface area contributed by atoms with Gasteiger partial charge in [-0.05, 0) is 41.9 Å². The minimum Gasteiger partial charge on any atom is -0.486 e. The fourth-order valence-electron chi connectivity index (χ4n) is 1.51. The largest absolute Gasteiger partial charge is 0.486 e. The van der Waals surface area contributed by atoms with Crippen molar-refractivity contribution >= 4 is 15.9 Å². The van der Waals surface area contributed by atoms with Gasteiger partial charge in [0.2, 0.25) is 0 Å². The summed E-state index contributed by atoms with van der Waals surface area (Å²) in [4.78, 5) is 8.24. The van der Waals surface area contributed by atoms with E-state index in [2.05, 4.69) is 44.3 Å². The SMILES string of the molecule is CC(C)n1cncc1COc1ccc(Br)nc1. The molecule has 0 N–H and O–H groups in total. The molecule has 0 saturated carbocycles. The van der Waals surface area contributed by atoms with Crippen LogP contribution in [0.2, 0.25) is 0 Å². The zero-order valence-corrected chi connectivity index (χ0v) is 11.4. The highest BCUT2D eigenvalue weighted by Gasteiger charge is 2.05. The molecule has 17 heavy (non-hydrogen) atoms. The zero-order valence-electron chi connectivity index (χ0n) is 9.80. The Bertz CT molecular complexity index is 479. The molecule has 2 rings (SSSR count). The van der Waals surface area contributed by atoms with Gasteiger partial charge in [-0.3, -0.25) is 0 Å². The summed E-state index contributed by atoms with van der Waals surface area (Å²) < 4.78 is 8.54. The Balaban J connectivity index is 2.02. The number of aromatic nitrogens is 3. The number of ether oxygens (including phenoxy) is 1. The quantitative estimate of drug-likeness (QED) is 0.813. The van der Waals surface area contributed by atoms with Crippen molar-refractivity contribution in [3.8, 4) is 5.75 Å². The number of imidazole rings is 1. The molecule has 0 bridgehead atoms. The zero-order chi connectivity index (χ0) is 12.3. The van der Waals surface area contributed by atoms with Crippen LogP contribution in [-0.2, 0) is 6.61 Å². The lowest BCUT2D eigenvalue weighted by Gasteiger charge is -2.12. The number of rotatable bonds is 4. The maximum atomic E-state index is 5.65. The molecule has 0 aromatic carbocycles. The summed E-state index contributed by atoms with van der Waals surface area (Å²) in [7, 11) is 0. The van der Waals surface area contributed by atoms with Gasteiger partial charge in [0.25, 0.3) is 0 Å². The lowest BCUT2D eigenvalue weighted by Crippen LogP contribution is -2.07. The fraction of sp³-hybridized carbons (Fsp3) is 0.333. The van der Waals surface area contributed by atoms with Gasteiger partial charge in [-0.25, -0.2) is 9.97 Å². The predicted octanol–water partition coefficient (Wildman–Crippen LogP) is 3.20. The first-order valence-corrected chi connectivity index (χ1v) is 6.21. The molecule has 0 aliphatic heterocycles. The molecule has 2 heterocycles. The highest BCUT2D eigenvalue weighted by Crippen LogP contribution is 2.15. The van der Waals surface area contributed by atoms with Gasteiger partial charge in [0.1, 0.15) is 17.0 Å². The van der Waals surface area contributed by atoms with Crippen LogP contribution in [0.4, 0.5) is 0 Å². The van der Waals surface area contributed by atoms with Crippen LogP contribution in [0.15, 0.2) is 35.5 Å². The first-order chi connectivity index (χ1) is 8.16. The van der Waals surface area contributed by atoms with E-state index in [1.54, 1.807) is 6.20 Å². The van der Waals surface area contributed by atoms with Crippen molar-refractivity contribution < 1.29 is 4.74 Å². The molecule has 4 nitrogen and oxygen atoms in total. The fourth-order valence-corrected chi connectivity index (χ4v) is 1.75. The number of halogens is 1. The van der Waals surface area contributed by atoms with E-state index in [0.29, 0.717) is 12.6 Å². The molecule has 0 fully saturated rings. The minimum atomic E-state index is 0.388. The van der Waals surface area contributed by atoms with Gasteiger partial charge in [-0.1, -0.05) is 0 Å². The molecule has 0 atom stereocenters. The molecule has 0 spiro atoms. The first kappa shape index (κ1) is 12.1. The maximum absolute atomic E-state index is 5.65. The summed E-state index contributed by atoms with van der Waals surface area (Å²) in [6.07, 6.45) is 5.34. The monoisotopic (exact) mass is 295 g/mol. The topological polar surface area (TPSA) is 39.9 Å². The third-order valence-electron chi connectivity index (χ3n) is 2.39. The lowest BCUT2D eigenvalue weighted by atomic mass is 10.3. The second kappa shape index (κ2) is 5.31. The van der Waals surface area contributed by atoms with E-state index in [9.17, 15) is 0 Å². The Morgan fingerprint density at radius 2 is 2.18 bits per heavy atom. The van der Waals surface area contributed by atoms with Crippen molar-refractivity contribution in [2.75, 3.05) is 0 Å². The normalized spacial score (nSPS) is 10.8. The predicted molar refractivity (Wildman–Crippen MR) is 68.9 cm³/mol. The van der Waals surface area contributed by atoms with Crippen molar-refractivity contribution in [2.45, 2.75) is 26.5 Å². The van der Waals surface area contributed by atoms with E-state index in [0.717, 1.165) is 16.0 Å². The average molecular weight is 296 g/mol. The first-order valence-electron chi connectivity index (χ1n) is 5.42. The van der Waals surface area contributed by atoms with Gasteiger partial charge < -0.3 is 9.30 Å². The Morgan fingerprint density at radius 3 is 2.82 bits per heavy atom. The second-order valence-corrected chi connectivity index (χ2v) is 4.80.